The van der Waals surface area contributed by atoms with Gasteiger partial charge in [-0.1, -0.05) is 18.2 Å². The van der Waals surface area contributed by atoms with Crippen LogP contribution in [0.2, 0.25) is 0 Å². The Kier molecular flexibility index (Phi) is 5.52. The van der Waals surface area contributed by atoms with Crippen LogP contribution >= 0.6 is 0 Å². The number of non-ortho nitro benzene ring substituents is 1. The van der Waals surface area contributed by atoms with Crippen molar-refractivity contribution in [3.63, 3.8) is 0 Å². The summed E-state index contributed by atoms with van der Waals surface area (Å²) in [6, 6.07) is 13.6. The van der Waals surface area contributed by atoms with Gasteiger partial charge in [-0.25, -0.2) is 8.42 Å². The highest BCUT2D eigenvalue weighted by Gasteiger charge is 2.30. The third-order valence-electron chi connectivity index (χ3n) is 4.51. The van der Waals surface area contributed by atoms with Gasteiger partial charge in [-0.2, -0.15) is 4.31 Å². The quantitative estimate of drug-likeness (QED) is 0.623. The van der Waals surface area contributed by atoms with Gasteiger partial charge in [0.2, 0.25) is 10.0 Å². The van der Waals surface area contributed by atoms with E-state index in [-0.39, 0.29) is 35.6 Å². The third kappa shape index (κ3) is 4.32. The second-order valence-electron chi connectivity index (χ2n) is 6.27. The molecule has 3 rings (SSSR count). The van der Waals surface area contributed by atoms with E-state index in [9.17, 15) is 23.3 Å². The molecule has 9 heteroatoms. The normalized spacial score (nSPS) is 16.0. The molecule has 2 aromatic carbocycles. The van der Waals surface area contributed by atoms with E-state index in [2.05, 4.69) is 5.32 Å². The van der Waals surface area contributed by atoms with Crippen LogP contribution in [0.15, 0.2) is 59.5 Å². The maximum Gasteiger partial charge on any atom is 0.269 e. The highest BCUT2D eigenvalue weighted by Crippen LogP contribution is 2.23. The average molecular weight is 389 g/mol. The van der Waals surface area contributed by atoms with Gasteiger partial charge >= 0.3 is 0 Å². The maximum absolute atomic E-state index is 12.7. The van der Waals surface area contributed by atoms with Crippen LogP contribution in [0.1, 0.15) is 23.2 Å². The lowest BCUT2D eigenvalue weighted by Crippen LogP contribution is -2.46. The predicted molar refractivity (Wildman–Crippen MR) is 98.8 cm³/mol. The molecule has 1 amide bonds. The molecule has 0 aliphatic carbocycles. The number of nitrogens with one attached hydrogen (secondary N) is 1. The van der Waals surface area contributed by atoms with Gasteiger partial charge in [0.05, 0.1) is 9.82 Å². The van der Waals surface area contributed by atoms with Crippen molar-refractivity contribution in [3.05, 3.63) is 70.3 Å². The summed E-state index contributed by atoms with van der Waals surface area (Å²) in [5, 5.41) is 13.6. The number of amides is 1. The zero-order valence-corrected chi connectivity index (χ0v) is 15.3. The lowest BCUT2D eigenvalue weighted by molar-refractivity contribution is -0.384. The molecule has 27 heavy (non-hydrogen) atoms. The summed E-state index contributed by atoms with van der Waals surface area (Å²) in [4.78, 5) is 22.4. The number of hydrogen-bond donors (Lipinski definition) is 1. The number of nitro benzene ring substituents is 1. The van der Waals surface area contributed by atoms with Gasteiger partial charge in [-0.15, -0.1) is 0 Å². The number of carbonyl (C=O) groups is 1. The van der Waals surface area contributed by atoms with Crippen LogP contribution in [0.4, 0.5) is 5.69 Å². The maximum atomic E-state index is 12.7. The molecule has 1 aliphatic heterocycles. The predicted octanol–water partition coefficient (Wildman–Crippen LogP) is 2.18. The minimum absolute atomic E-state index is 0.0277. The van der Waals surface area contributed by atoms with Crippen LogP contribution in [0.3, 0.4) is 0 Å². The summed E-state index contributed by atoms with van der Waals surface area (Å²) < 4.78 is 26.7. The fourth-order valence-electron chi connectivity index (χ4n) is 2.99. The van der Waals surface area contributed by atoms with Crippen molar-refractivity contribution in [1.29, 1.82) is 0 Å². The number of rotatable bonds is 5. The van der Waals surface area contributed by atoms with Gasteiger partial charge in [0.1, 0.15) is 0 Å². The molecular weight excluding hydrogens is 370 g/mol. The SMILES string of the molecule is O=C(NC1CCN(S(=O)(=O)c2ccc([N+](=O)[O-])cc2)CC1)c1ccccc1. The Bertz CT molecular complexity index is 921. The molecule has 0 spiro atoms. The van der Waals surface area contributed by atoms with Crippen LogP contribution in [-0.2, 0) is 10.0 Å². The van der Waals surface area contributed by atoms with E-state index in [4.69, 9.17) is 0 Å². The van der Waals surface area contributed by atoms with Crippen LogP contribution in [0, 0.1) is 10.1 Å². The molecule has 0 bridgehead atoms. The Balaban J connectivity index is 1.61. The van der Waals surface area contributed by atoms with Crippen molar-refractivity contribution in [2.24, 2.45) is 0 Å². The van der Waals surface area contributed by atoms with Gasteiger partial charge in [0.25, 0.3) is 11.6 Å². The Labute approximate surface area is 157 Å². The Morgan fingerprint density at radius 2 is 1.63 bits per heavy atom. The smallest absolute Gasteiger partial charge is 0.269 e. The third-order valence-corrected chi connectivity index (χ3v) is 6.42. The molecule has 142 valence electrons. The fourth-order valence-corrected chi connectivity index (χ4v) is 4.46. The van der Waals surface area contributed by atoms with Crippen LogP contribution in [-0.4, -0.2) is 42.7 Å². The molecular formula is C18H19N3O5S. The first-order valence-corrected chi connectivity index (χ1v) is 9.92. The second kappa shape index (κ2) is 7.85. The lowest BCUT2D eigenvalue weighted by Gasteiger charge is -2.31. The molecule has 0 aromatic heterocycles. The van der Waals surface area contributed by atoms with Gasteiger partial charge in [-0.05, 0) is 37.1 Å². The van der Waals surface area contributed by atoms with Crippen molar-refractivity contribution in [2.75, 3.05) is 13.1 Å². The van der Waals surface area contributed by atoms with Crippen LogP contribution < -0.4 is 5.32 Å². The molecule has 2 aromatic rings. The Morgan fingerprint density at radius 3 is 2.19 bits per heavy atom. The molecule has 0 radical (unpaired) electrons. The van der Waals surface area contributed by atoms with Crippen molar-refractivity contribution in [3.8, 4) is 0 Å². The highest BCUT2D eigenvalue weighted by atomic mass is 32.2. The van der Waals surface area contributed by atoms with Gasteiger partial charge in [0.15, 0.2) is 0 Å². The number of benzene rings is 2. The molecule has 1 aliphatic rings. The second-order valence-corrected chi connectivity index (χ2v) is 8.21. The van der Waals surface area contributed by atoms with Crippen LogP contribution in [0.25, 0.3) is 0 Å². The summed E-state index contributed by atoms with van der Waals surface area (Å²) in [7, 11) is -3.71. The van der Waals surface area contributed by atoms with Gasteiger partial charge in [-0.3, -0.25) is 14.9 Å². The zero-order valence-electron chi connectivity index (χ0n) is 14.4. The Morgan fingerprint density at radius 1 is 1.04 bits per heavy atom. The number of piperidine rings is 1. The van der Waals surface area contributed by atoms with Crippen LogP contribution in [0.5, 0.6) is 0 Å². The molecule has 0 atom stereocenters. The number of sulfonamides is 1. The minimum Gasteiger partial charge on any atom is -0.349 e. The summed E-state index contributed by atoms with van der Waals surface area (Å²) in [6.45, 7) is 0.554. The first-order valence-electron chi connectivity index (χ1n) is 8.48. The van der Waals surface area contributed by atoms with Crippen molar-refractivity contribution >= 4 is 21.6 Å². The number of nitro groups is 1. The van der Waals surface area contributed by atoms with Crippen molar-refractivity contribution in [1.82, 2.24) is 9.62 Å². The van der Waals surface area contributed by atoms with Crippen molar-refractivity contribution < 1.29 is 18.1 Å². The summed E-state index contributed by atoms with van der Waals surface area (Å²) in [5.41, 5.74) is 0.412. The van der Waals surface area contributed by atoms with E-state index < -0.39 is 14.9 Å². The average Bonchev–Trinajstić information content (AvgIpc) is 2.69. The monoisotopic (exact) mass is 389 g/mol. The molecule has 1 N–H and O–H groups in total. The highest BCUT2D eigenvalue weighted by molar-refractivity contribution is 7.89. The first-order chi connectivity index (χ1) is 12.9. The summed E-state index contributed by atoms with van der Waals surface area (Å²) in [5.74, 6) is -0.174. The van der Waals surface area contributed by atoms with E-state index in [0.29, 0.717) is 18.4 Å². The fraction of sp³-hybridized carbons (Fsp3) is 0.278. The zero-order chi connectivity index (χ0) is 19.4. The lowest BCUT2D eigenvalue weighted by atomic mass is 10.1. The standard InChI is InChI=1S/C18H19N3O5S/c22-18(14-4-2-1-3-5-14)19-15-10-12-20(13-11-15)27(25,26)17-8-6-16(7-9-17)21(23)24/h1-9,15H,10-13H2,(H,19,22). The molecule has 1 fully saturated rings. The number of hydrogen-bond acceptors (Lipinski definition) is 5. The largest absolute Gasteiger partial charge is 0.349 e. The summed E-state index contributed by atoms with van der Waals surface area (Å²) >= 11 is 0. The van der Waals surface area contributed by atoms with Gasteiger partial charge in [0, 0.05) is 36.8 Å². The summed E-state index contributed by atoms with van der Waals surface area (Å²) in [6.07, 6.45) is 1.01. The first kappa shape index (κ1) is 19.0. The number of carbonyl (C=O) groups excluding carboxylic acids is 1. The molecule has 1 saturated heterocycles. The minimum atomic E-state index is -3.71. The molecule has 8 nitrogen and oxygen atoms in total. The topological polar surface area (TPSA) is 110 Å². The molecule has 0 saturated carbocycles. The van der Waals surface area contributed by atoms with Gasteiger partial charge < -0.3 is 5.32 Å². The van der Waals surface area contributed by atoms with E-state index >= 15 is 0 Å². The molecule has 0 unspecified atom stereocenters. The van der Waals surface area contributed by atoms with E-state index in [0.717, 1.165) is 0 Å². The van der Waals surface area contributed by atoms with E-state index in [1.165, 1.54) is 28.6 Å². The Hall–Kier alpha value is -2.78. The number of nitrogens with zero attached hydrogens (tertiary/aromatic N) is 2. The van der Waals surface area contributed by atoms with E-state index in [1.807, 2.05) is 6.07 Å². The molecule has 1 heterocycles. The van der Waals surface area contributed by atoms with E-state index in [1.54, 1.807) is 24.3 Å². The van der Waals surface area contributed by atoms with Crippen molar-refractivity contribution in [2.45, 2.75) is 23.8 Å².